The van der Waals surface area contributed by atoms with Crippen LogP contribution in [0, 0.1) is 11.8 Å². The summed E-state index contributed by atoms with van der Waals surface area (Å²) in [6.45, 7) is 2.44. The molecule has 0 bridgehead atoms. The van der Waals surface area contributed by atoms with Crippen LogP contribution < -0.4 is 10.2 Å². The van der Waals surface area contributed by atoms with Crippen molar-refractivity contribution in [3.8, 4) is 0 Å². The fourth-order valence-corrected chi connectivity index (χ4v) is 0.876. The molecule has 96 valence electrons. The van der Waals surface area contributed by atoms with Crippen molar-refractivity contribution in [2.45, 2.75) is 8.56 Å². The Morgan fingerprint density at radius 1 is 1.25 bits per heavy atom. The van der Waals surface area contributed by atoms with Crippen LogP contribution in [0.1, 0.15) is 6.42 Å². The third-order valence-electron chi connectivity index (χ3n) is 0.607. The molecule has 0 fully saturated rings. The van der Waals surface area contributed by atoms with E-state index < -0.39 is 14.1 Å². The van der Waals surface area contributed by atoms with Gasteiger partial charge in [-0.2, -0.15) is 0 Å². The van der Waals surface area contributed by atoms with Gasteiger partial charge in [0, 0.05) is 8.11 Å². The smallest absolute Gasteiger partial charge is 0.584 e. The van der Waals surface area contributed by atoms with Gasteiger partial charge in [-0.05, 0) is 0 Å². The minimum absolute atomic E-state index is 0. The zero-order valence-corrected chi connectivity index (χ0v) is 15.8. The van der Waals surface area contributed by atoms with Gasteiger partial charge in [0.2, 0.25) is 0 Å². The average Bonchev–Trinajstić information content (AvgIpc) is 1.81. The molecule has 0 aromatic carbocycles. The van der Waals surface area contributed by atoms with Crippen LogP contribution in [-0.2, 0) is 43.4 Å². The van der Waals surface area contributed by atoms with Crippen LogP contribution in [0.5, 0.6) is 0 Å². The van der Waals surface area contributed by atoms with Crippen molar-refractivity contribution in [1.82, 2.24) is 0 Å². The van der Waals surface area contributed by atoms with Crippen molar-refractivity contribution in [3.63, 3.8) is 0 Å². The van der Waals surface area contributed by atoms with Crippen molar-refractivity contribution >= 4 is 75.7 Å². The molecule has 0 atom stereocenters. The molecule has 4 nitrogen and oxygen atoms in total. The molecule has 0 aromatic heterocycles. The van der Waals surface area contributed by atoms with E-state index in [2.05, 4.69) is 70.6 Å². The summed E-state index contributed by atoms with van der Waals surface area (Å²) in [5.41, 5.74) is 0. The average molecular weight is 574 g/mol. The number of carboxylic acids is 2. The quantitative estimate of drug-likeness (QED) is 0.273. The van der Waals surface area contributed by atoms with E-state index in [4.69, 9.17) is 9.90 Å². The van der Waals surface area contributed by atoms with Crippen LogP contribution in [0.2, 0.25) is 0 Å². The van der Waals surface area contributed by atoms with Crippen molar-refractivity contribution in [2.24, 2.45) is 0 Å². The van der Waals surface area contributed by atoms with Crippen LogP contribution in [0.4, 0.5) is 0 Å². The van der Waals surface area contributed by atoms with E-state index in [-0.39, 0.29) is 40.3 Å². The Kier molecular flexibility index (Phi) is 21.7. The number of hydrogen-bond acceptors (Lipinski definition) is 4. The minimum Gasteiger partial charge on any atom is -0.584 e. The van der Waals surface area contributed by atoms with Crippen molar-refractivity contribution in [2.75, 3.05) is 0 Å². The molecule has 0 aliphatic rings. The molecule has 2 radical (unpaired) electrons. The van der Waals surface area contributed by atoms with Crippen LogP contribution in [0.15, 0.2) is 0 Å². The number of rotatable bonds is 2. The van der Waals surface area contributed by atoms with Gasteiger partial charge in [0.1, 0.15) is 0 Å². The van der Waals surface area contributed by atoms with Gasteiger partial charge >= 0.3 is 33.8 Å². The Hall–Kier alpha value is 1.76. The molecule has 0 unspecified atom stereocenters. The Balaban J connectivity index is -0.000000105. The summed E-state index contributed by atoms with van der Waals surface area (Å²) in [5.74, 6) is -2.46. The maximum absolute atomic E-state index is 10.0. The second-order valence-electron chi connectivity index (χ2n) is 1.82. The van der Waals surface area contributed by atoms with E-state index in [0.29, 0.717) is 4.83 Å². The van der Waals surface area contributed by atoms with Crippen molar-refractivity contribution < 1.29 is 53.6 Å². The summed E-state index contributed by atoms with van der Waals surface area (Å²) in [6.07, 6.45) is -0.151. The third-order valence-corrected chi connectivity index (χ3v) is 4.51. The van der Waals surface area contributed by atoms with Gasteiger partial charge in [-0.15, -0.1) is 12.4 Å². The van der Waals surface area contributed by atoms with Crippen LogP contribution in [0.3, 0.4) is 0 Å². The summed E-state index contributed by atoms with van der Waals surface area (Å²) < 4.78 is -0.660. The summed E-state index contributed by atoms with van der Waals surface area (Å²) >= 11 is 12.4. The zero-order chi connectivity index (χ0) is 11.9. The molecule has 0 aliphatic carbocycles. The first kappa shape index (κ1) is 26.3. The number of aliphatic carboxylic acids is 2. The molecular formula is C6H4Br4CoMnO4. The molecule has 0 amide bonds. The Morgan fingerprint density at radius 2 is 1.50 bits per heavy atom. The molecule has 0 heterocycles. The fourth-order valence-electron chi connectivity index (χ4n) is 0.227. The van der Waals surface area contributed by atoms with E-state index in [1.165, 1.54) is 0 Å². The second kappa shape index (κ2) is 13.2. The summed E-state index contributed by atoms with van der Waals surface area (Å²) in [7, 11) is 0. The molecule has 0 saturated heterocycles. The minimum atomic E-state index is -1.33. The molecule has 0 aromatic rings. The molecule has 10 heteroatoms. The first-order valence-electron chi connectivity index (χ1n) is 2.88. The van der Waals surface area contributed by atoms with Gasteiger partial charge < -0.3 is 42.7 Å². The van der Waals surface area contributed by atoms with Gasteiger partial charge in [-0.1, -0.05) is 47.8 Å². The SMILES string of the molecule is O=C([O-])C[C-](Br)C(Br)(Br)Br.[CH2-]C(=O)[O-].[Co+2].[Mn+2]. The first-order valence-corrected chi connectivity index (χ1v) is 6.06. The Bertz CT molecular complexity index is 207. The molecule has 16 heavy (non-hydrogen) atoms. The summed E-state index contributed by atoms with van der Waals surface area (Å²) in [4.78, 5) is 19.3. The van der Waals surface area contributed by atoms with Gasteiger partial charge in [0.25, 0.3) is 0 Å². The number of carboxylic acid groups (broad SMARTS) is 2. The molecule has 0 saturated carbocycles. The van der Waals surface area contributed by atoms with Crippen LogP contribution in [-0.4, -0.2) is 14.1 Å². The monoisotopic (exact) mass is 570 g/mol. The Morgan fingerprint density at radius 3 is 1.56 bits per heavy atom. The van der Waals surface area contributed by atoms with E-state index in [9.17, 15) is 9.90 Å². The standard InChI is InChI=1S/C4H3Br4O2.C2H3O2.Co.Mn/c5-2(1-3(9)10)4(6,7)8;1-2(3)4;;/h1H2,(H,9,10);1H2,(H,3,4);;/q2*-1;2*+2/p-2. The van der Waals surface area contributed by atoms with E-state index in [1.54, 1.807) is 0 Å². The number of halogens is 4. The summed E-state index contributed by atoms with van der Waals surface area (Å²) in [5, 5.41) is 18.8. The summed E-state index contributed by atoms with van der Waals surface area (Å²) in [6, 6.07) is 0. The second-order valence-corrected chi connectivity index (χ2v) is 9.54. The topological polar surface area (TPSA) is 80.3 Å². The predicted octanol–water partition coefficient (Wildman–Crippen LogP) is 0.457. The van der Waals surface area contributed by atoms with Gasteiger partial charge in [0.05, 0.1) is 0 Å². The molecule has 0 aliphatic heterocycles. The molecular weight excluding hydrogens is 570 g/mol. The predicted molar refractivity (Wildman–Crippen MR) is 61.7 cm³/mol. The van der Waals surface area contributed by atoms with Crippen molar-refractivity contribution in [1.29, 1.82) is 0 Å². The van der Waals surface area contributed by atoms with E-state index >= 15 is 0 Å². The molecule has 0 spiro atoms. The van der Waals surface area contributed by atoms with E-state index in [1.807, 2.05) is 0 Å². The number of alkyl halides is 3. The normalized spacial score (nSPS) is 9.06. The number of carbonyl (C=O) groups excluding carboxylic acids is 2. The van der Waals surface area contributed by atoms with Crippen molar-refractivity contribution in [3.05, 3.63) is 11.8 Å². The van der Waals surface area contributed by atoms with Crippen LogP contribution >= 0.6 is 63.7 Å². The number of carbonyl (C=O) groups is 2. The van der Waals surface area contributed by atoms with Gasteiger partial charge in [-0.3, -0.25) is 0 Å². The fraction of sp³-hybridized carbons (Fsp3) is 0.333. The van der Waals surface area contributed by atoms with Crippen LogP contribution in [0.25, 0.3) is 0 Å². The van der Waals surface area contributed by atoms with Gasteiger partial charge in [-0.25, -0.2) is 4.83 Å². The van der Waals surface area contributed by atoms with E-state index in [0.717, 1.165) is 0 Å². The largest absolute Gasteiger partial charge is 2.00 e. The van der Waals surface area contributed by atoms with Gasteiger partial charge in [0.15, 0.2) is 0 Å². The number of hydrogen-bond donors (Lipinski definition) is 0. The maximum Gasteiger partial charge on any atom is 2.00 e. The molecule has 0 rings (SSSR count). The third kappa shape index (κ3) is 24.8. The maximum atomic E-state index is 10.0. The Labute approximate surface area is 148 Å². The first-order chi connectivity index (χ1) is 6.07. The molecule has 0 N–H and O–H groups in total. The zero-order valence-electron chi connectivity index (χ0n) is 7.27.